The van der Waals surface area contributed by atoms with Gasteiger partial charge in [0.1, 0.15) is 0 Å². The molecule has 2 atom stereocenters. The molecule has 0 aromatic heterocycles. The van der Waals surface area contributed by atoms with Crippen molar-refractivity contribution in [2.75, 3.05) is 6.54 Å². The zero-order valence-corrected chi connectivity index (χ0v) is 13.1. The summed E-state index contributed by atoms with van der Waals surface area (Å²) in [4.78, 5) is 2.33. The number of hydrogen-bond donors (Lipinski definition) is 0. The minimum absolute atomic E-state index is 0.495. The summed E-state index contributed by atoms with van der Waals surface area (Å²) in [5.74, 6) is 1.61. The molecule has 0 aliphatic heterocycles. The molecule has 0 bridgehead atoms. The van der Waals surface area contributed by atoms with Crippen LogP contribution in [0.3, 0.4) is 0 Å². The largest absolute Gasteiger partial charge is 0.373 e. The molecule has 2 heteroatoms. The summed E-state index contributed by atoms with van der Waals surface area (Å²) in [6, 6.07) is 8.41. The molecule has 0 N–H and O–H groups in total. The Bertz CT molecular complexity index is 438. The Hall–Kier alpha value is -0.760. The van der Waals surface area contributed by atoms with Crippen LogP contribution >= 0.6 is 15.9 Å². The fourth-order valence-electron chi connectivity index (χ4n) is 2.71. The molecule has 1 aromatic rings. The number of hydrogen-bond acceptors (Lipinski definition) is 1. The van der Waals surface area contributed by atoms with Crippen LogP contribution in [0, 0.1) is 17.3 Å². The second-order valence-electron chi connectivity index (χ2n) is 5.92. The molecule has 98 valence electrons. The number of halogens is 1. The highest BCUT2D eigenvalue weighted by Crippen LogP contribution is 2.58. The topological polar surface area (TPSA) is 3.24 Å². The van der Waals surface area contributed by atoms with Crippen molar-refractivity contribution in [2.24, 2.45) is 17.3 Å². The lowest BCUT2D eigenvalue weighted by Crippen LogP contribution is -2.21. The Kier molecular flexibility index (Phi) is 3.86. The van der Waals surface area contributed by atoms with E-state index in [-0.39, 0.29) is 0 Å². The van der Waals surface area contributed by atoms with Crippen LogP contribution in [0.15, 0.2) is 41.5 Å². The monoisotopic (exact) mass is 307 g/mol. The molecular weight excluding hydrogens is 286 g/mol. The van der Waals surface area contributed by atoms with Crippen molar-refractivity contribution in [3.63, 3.8) is 0 Å². The van der Waals surface area contributed by atoms with Crippen LogP contribution in [0.4, 0.5) is 0 Å². The predicted molar refractivity (Wildman–Crippen MR) is 81.2 cm³/mol. The molecule has 2 unspecified atom stereocenters. The van der Waals surface area contributed by atoms with E-state index in [4.69, 9.17) is 0 Å². The SMILES string of the molecule is C=CN(Cc1ccccc1Br)CC1C(C)C1(C)C. The Morgan fingerprint density at radius 1 is 1.39 bits per heavy atom. The maximum Gasteiger partial charge on any atom is 0.0435 e. The average Bonchev–Trinajstić information content (AvgIpc) is 2.80. The first-order valence-corrected chi connectivity index (χ1v) is 7.36. The van der Waals surface area contributed by atoms with Gasteiger partial charge in [-0.3, -0.25) is 0 Å². The number of nitrogens with zero attached hydrogens (tertiary/aromatic N) is 1. The molecule has 18 heavy (non-hydrogen) atoms. The van der Waals surface area contributed by atoms with Gasteiger partial charge < -0.3 is 4.90 Å². The molecule has 1 aliphatic rings. The van der Waals surface area contributed by atoms with E-state index in [9.17, 15) is 0 Å². The quantitative estimate of drug-likeness (QED) is 0.763. The zero-order valence-electron chi connectivity index (χ0n) is 11.5. The van der Waals surface area contributed by atoms with E-state index in [2.05, 4.69) is 72.4 Å². The van der Waals surface area contributed by atoms with Crippen LogP contribution in [-0.4, -0.2) is 11.4 Å². The van der Waals surface area contributed by atoms with E-state index in [1.165, 1.54) is 10.0 Å². The summed E-state index contributed by atoms with van der Waals surface area (Å²) >= 11 is 3.61. The van der Waals surface area contributed by atoms with Gasteiger partial charge in [0.2, 0.25) is 0 Å². The lowest BCUT2D eigenvalue weighted by atomic mass is 10.1. The van der Waals surface area contributed by atoms with E-state index in [1.807, 2.05) is 6.20 Å². The predicted octanol–water partition coefficient (Wildman–Crippen LogP) is 4.69. The Labute approximate surface area is 119 Å². The van der Waals surface area contributed by atoms with Gasteiger partial charge in [0, 0.05) is 17.6 Å². The van der Waals surface area contributed by atoms with Gasteiger partial charge in [-0.25, -0.2) is 0 Å². The highest BCUT2D eigenvalue weighted by atomic mass is 79.9. The van der Waals surface area contributed by atoms with E-state index < -0.39 is 0 Å². The van der Waals surface area contributed by atoms with E-state index in [1.54, 1.807) is 0 Å². The van der Waals surface area contributed by atoms with Crippen LogP contribution in [0.1, 0.15) is 26.3 Å². The molecule has 0 spiro atoms. The fraction of sp³-hybridized carbons (Fsp3) is 0.500. The van der Waals surface area contributed by atoms with E-state index in [0.717, 1.165) is 24.9 Å². The third-order valence-corrected chi connectivity index (χ3v) is 5.42. The third kappa shape index (κ3) is 2.64. The maximum absolute atomic E-state index is 3.95. The summed E-state index contributed by atoms with van der Waals surface area (Å²) in [7, 11) is 0. The van der Waals surface area contributed by atoms with E-state index in [0.29, 0.717) is 5.41 Å². The standard InChI is InChI=1S/C16H22BrN/c1-5-18(11-14-12(2)16(14,3)4)10-13-8-6-7-9-15(13)17/h5-9,12,14H,1,10-11H2,2-4H3. The molecular formula is C16H22BrN. The van der Waals surface area contributed by atoms with Crippen molar-refractivity contribution < 1.29 is 0 Å². The summed E-state index contributed by atoms with van der Waals surface area (Å²) < 4.78 is 1.18. The summed E-state index contributed by atoms with van der Waals surface area (Å²) in [5.41, 5.74) is 1.82. The molecule has 1 aromatic carbocycles. The highest BCUT2D eigenvalue weighted by Gasteiger charge is 2.54. The van der Waals surface area contributed by atoms with Gasteiger partial charge in [-0.1, -0.05) is 61.5 Å². The molecule has 1 fully saturated rings. The second-order valence-corrected chi connectivity index (χ2v) is 6.77. The average molecular weight is 308 g/mol. The van der Waals surface area contributed by atoms with Crippen LogP contribution in [-0.2, 0) is 6.54 Å². The zero-order chi connectivity index (χ0) is 13.3. The minimum atomic E-state index is 0.495. The molecule has 2 rings (SSSR count). The van der Waals surface area contributed by atoms with Crippen LogP contribution in [0.2, 0.25) is 0 Å². The number of rotatable bonds is 5. The molecule has 1 saturated carbocycles. The normalized spacial score (nSPS) is 24.7. The lowest BCUT2D eigenvalue weighted by molar-refractivity contribution is 0.329. The van der Waals surface area contributed by atoms with Gasteiger partial charge in [-0.15, -0.1) is 0 Å². The second kappa shape index (κ2) is 5.08. The van der Waals surface area contributed by atoms with Crippen LogP contribution in [0.25, 0.3) is 0 Å². The van der Waals surface area contributed by atoms with Crippen molar-refractivity contribution in [3.05, 3.63) is 47.1 Å². The first-order valence-electron chi connectivity index (χ1n) is 6.57. The fourth-order valence-corrected chi connectivity index (χ4v) is 3.12. The van der Waals surface area contributed by atoms with Crippen molar-refractivity contribution >= 4 is 15.9 Å². The summed E-state index contributed by atoms with van der Waals surface area (Å²) in [5, 5.41) is 0. The van der Waals surface area contributed by atoms with Crippen molar-refractivity contribution in [3.8, 4) is 0 Å². The van der Waals surface area contributed by atoms with Gasteiger partial charge >= 0.3 is 0 Å². The number of benzene rings is 1. The third-order valence-electron chi connectivity index (χ3n) is 4.64. The Balaban J connectivity index is 1.99. The highest BCUT2D eigenvalue weighted by molar-refractivity contribution is 9.10. The molecule has 0 amide bonds. The van der Waals surface area contributed by atoms with Gasteiger partial charge in [-0.05, 0) is 35.1 Å². The van der Waals surface area contributed by atoms with Gasteiger partial charge in [0.25, 0.3) is 0 Å². The van der Waals surface area contributed by atoms with E-state index >= 15 is 0 Å². The summed E-state index contributed by atoms with van der Waals surface area (Å²) in [6.07, 6.45) is 1.97. The molecule has 1 aliphatic carbocycles. The first kappa shape index (κ1) is 13.7. The van der Waals surface area contributed by atoms with Gasteiger partial charge in [-0.2, -0.15) is 0 Å². The van der Waals surface area contributed by atoms with Gasteiger partial charge in [0.05, 0.1) is 0 Å². The van der Waals surface area contributed by atoms with Crippen molar-refractivity contribution in [1.29, 1.82) is 0 Å². The minimum Gasteiger partial charge on any atom is -0.373 e. The molecule has 0 heterocycles. The van der Waals surface area contributed by atoms with Crippen molar-refractivity contribution in [1.82, 2.24) is 4.90 Å². The smallest absolute Gasteiger partial charge is 0.0435 e. The van der Waals surface area contributed by atoms with Crippen LogP contribution < -0.4 is 0 Å². The van der Waals surface area contributed by atoms with Gasteiger partial charge in [0.15, 0.2) is 0 Å². The van der Waals surface area contributed by atoms with Crippen molar-refractivity contribution in [2.45, 2.75) is 27.3 Å². The first-order chi connectivity index (χ1) is 8.46. The molecule has 1 nitrogen and oxygen atoms in total. The lowest BCUT2D eigenvalue weighted by Gasteiger charge is -2.21. The van der Waals surface area contributed by atoms with Crippen LogP contribution in [0.5, 0.6) is 0 Å². The maximum atomic E-state index is 3.95. The molecule has 0 saturated heterocycles. The summed E-state index contributed by atoms with van der Waals surface area (Å²) in [6.45, 7) is 13.1. The molecule has 0 radical (unpaired) electrons. The Morgan fingerprint density at radius 3 is 2.50 bits per heavy atom. The Morgan fingerprint density at radius 2 is 2.00 bits per heavy atom.